The molecule has 0 amide bonds. The standard InChI is InChI=1S/C28H38F3N5O2/c1-37-24(28(29,30)31)17-32-21-5-7-22(8-6-21)35-26-14-23-20(16-34-26)3-2-19-4-9-25(36-27(19)23)33-15-18-10-12-38-13-11-18/h4,9,14,16,18,21-22,24,32H,2-3,5-8,10-13,15,17H2,1H3,(H,33,36)(H,34,35)/t21-,22-,24-/m1/s1. The zero-order chi connectivity index (χ0) is 26.5. The largest absolute Gasteiger partial charge is 0.415 e. The lowest BCUT2D eigenvalue weighted by atomic mass is 9.89. The van der Waals surface area contributed by atoms with Crippen LogP contribution in [-0.4, -0.2) is 67.7 Å². The predicted octanol–water partition coefficient (Wildman–Crippen LogP) is 4.97. The van der Waals surface area contributed by atoms with Crippen LogP contribution in [-0.2, 0) is 22.3 Å². The molecule has 1 saturated carbocycles. The molecule has 2 aliphatic carbocycles. The monoisotopic (exact) mass is 533 g/mol. The molecule has 5 rings (SSSR count). The van der Waals surface area contributed by atoms with E-state index in [1.807, 2.05) is 6.20 Å². The van der Waals surface area contributed by atoms with Crippen molar-refractivity contribution in [2.45, 2.75) is 75.7 Å². The average Bonchev–Trinajstić information content (AvgIpc) is 2.93. The highest BCUT2D eigenvalue weighted by Crippen LogP contribution is 2.35. The zero-order valence-corrected chi connectivity index (χ0v) is 21.9. The third-order valence-corrected chi connectivity index (χ3v) is 8.12. The summed E-state index contributed by atoms with van der Waals surface area (Å²) in [4.78, 5) is 9.67. The summed E-state index contributed by atoms with van der Waals surface area (Å²) in [5, 5.41) is 10.1. The van der Waals surface area contributed by atoms with Gasteiger partial charge in [-0.2, -0.15) is 13.2 Å². The van der Waals surface area contributed by atoms with Crippen LogP contribution in [0.5, 0.6) is 0 Å². The molecule has 0 bridgehead atoms. The highest BCUT2D eigenvalue weighted by molar-refractivity contribution is 5.73. The maximum absolute atomic E-state index is 12.9. The third-order valence-electron chi connectivity index (χ3n) is 8.12. The Morgan fingerprint density at radius 3 is 2.47 bits per heavy atom. The van der Waals surface area contributed by atoms with E-state index in [-0.39, 0.29) is 18.6 Å². The van der Waals surface area contributed by atoms with Crippen LogP contribution < -0.4 is 16.0 Å². The number of anilines is 2. The lowest BCUT2D eigenvalue weighted by Gasteiger charge is -2.31. The Hall–Kier alpha value is -2.43. The highest BCUT2D eigenvalue weighted by atomic mass is 19.4. The van der Waals surface area contributed by atoms with E-state index in [2.05, 4.69) is 43.9 Å². The predicted molar refractivity (Wildman–Crippen MR) is 141 cm³/mol. The van der Waals surface area contributed by atoms with E-state index in [1.54, 1.807) is 0 Å². The molecule has 1 saturated heterocycles. The van der Waals surface area contributed by atoms with Gasteiger partial charge in [-0.1, -0.05) is 6.07 Å². The molecule has 208 valence electrons. The van der Waals surface area contributed by atoms with Crippen LogP contribution in [0, 0.1) is 5.92 Å². The molecular weight excluding hydrogens is 495 g/mol. The van der Waals surface area contributed by atoms with Crippen LogP contribution in [0.2, 0.25) is 0 Å². The number of ether oxygens (including phenoxy) is 2. The van der Waals surface area contributed by atoms with Crippen molar-refractivity contribution in [2.24, 2.45) is 5.92 Å². The first-order valence-electron chi connectivity index (χ1n) is 13.8. The molecule has 3 aliphatic rings. The molecule has 7 nitrogen and oxygen atoms in total. The molecule has 2 fully saturated rings. The minimum atomic E-state index is -4.35. The average molecular weight is 534 g/mol. The van der Waals surface area contributed by atoms with Crippen molar-refractivity contribution in [1.29, 1.82) is 0 Å². The van der Waals surface area contributed by atoms with Crippen molar-refractivity contribution >= 4 is 11.6 Å². The Kier molecular flexibility index (Phi) is 8.70. The van der Waals surface area contributed by atoms with Gasteiger partial charge < -0.3 is 25.4 Å². The number of alkyl halides is 3. The van der Waals surface area contributed by atoms with Gasteiger partial charge in [0.05, 0.1) is 5.69 Å². The van der Waals surface area contributed by atoms with Crippen LogP contribution in [0.25, 0.3) is 11.3 Å². The first kappa shape index (κ1) is 27.1. The number of aromatic nitrogens is 2. The maximum atomic E-state index is 12.9. The van der Waals surface area contributed by atoms with Crippen molar-refractivity contribution in [2.75, 3.05) is 44.0 Å². The van der Waals surface area contributed by atoms with Crippen LogP contribution in [0.15, 0.2) is 24.4 Å². The Labute approximate surface area is 222 Å². The van der Waals surface area contributed by atoms with Gasteiger partial charge >= 0.3 is 6.18 Å². The molecule has 2 aromatic rings. The second-order valence-electron chi connectivity index (χ2n) is 10.7. The number of hydrogen-bond donors (Lipinski definition) is 3. The first-order valence-corrected chi connectivity index (χ1v) is 13.8. The van der Waals surface area contributed by atoms with Gasteiger partial charge in [0.25, 0.3) is 0 Å². The highest BCUT2D eigenvalue weighted by Gasteiger charge is 2.40. The molecule has 0 unspecified atom stereocenters. The molecule has 10 heteroatoms. The number of halogens is 3. The number of rotatable bonds is 9. The SMILES string of the molecule is CO[C@H](CN[C@H]1CC[C@H](Nc2cc3c(cn2)CCc2ccc(NCC4CCOCC4)nc2-3)CC1)C(F)(F)F. The molecule has 3 N–H and O–H groups in total. The minimum absolute atomic E-state index is 0.0627. The fourth-order valence-corrected chi connectivity index (χ4v) is 5.73. The summed E-state index contributed by atoms with van der Waals surface area (Å²) >= 11 is 0. The van der Waals surface area contributed by atoms with Gasteiger partial charge in [-0.15, -0.1) is 0 Å². The lowest BCUT2D eigenvalue weighted by Crippen LogP contribution is -2.45. The molecule has 1 aliphatic heterocycles. The van der Waals surface area contributed by atoms with Gasteiger partial charge in [0.2, 0.25) is 0 Å². The van der Waals surface area contributed by atoms with Gasteiger partial charge in [-0.05, 0) is 80.5 Å². The van der Waals surface area contributed by atoms with Gasteiger partial charge in [0.15, 0.2) is 6.10 Å². The van der Waals surface area contributed by atoms with Gasteiger partial charge in [0, 0.05) is 57.3 Å². The van der Waals surface area contributed by atoms with Crippen molar-refractivity contribution in [3.63, 3.8) is 0 Å². The van der Waals surface area contributed by atoms with Gasteiger partial charge in [0.1, 0.15) is 11.6 Å². The van der Waals surface area contributed by atoms with Crippen molar-refractivity contribution < 1.29 is 22.6 Å². The molecule has 38 heavy (non-hydrogen) atoms. The van der Waals surface area contributed by atoms with Crippen molar-refractivity contribution in [1.82, 2.24) is 15.3 Å². The Balaban J connectivity index is 1.18. The van der Waals surface area contributed by atoms with Crippen LogP contribution in [0.1, 0.15) is 49.7 Å². The fraction of sp³-hybridized carbons (Fsp3) is 0.643. The molecule has 3 heterocycles. The Morgan fingerprint density at radius 1 is 1.00 bits per heavy atom. The summed E-state index contributed by atoms with van der Waals surface area (Å²) in [6.07, 6.45) is 3.27. The number of nitrogens with one attached hydrogen (secondary N) is 3. The zero-order valence-electron chi connectivity index (χ0n) is 21.9. The summed E-state index contributed by atoms with van der Waals surface area (Å²) in [6.45, 7) is 2.37. The van der Waals surface area contributed by atoms with Crippen molar-refractivity contribution in [3.05, 3.63) is 35.5 Å². The second-order valence-corrected chi connectivity index (χ2v) is 10.7. The normalized spacial score (nSPS) is 22.8. The summed E-state index contributed by atoms with van der Waals surface area (Å²) < 4.78 is 48.9. The Morgan fingerprint density at radius 2 is 1.74 bits per heavy atom. The summed E-state index contributed by atoms with van der Waals surface area (Å²) in [5.74, 6) is 2.35. The van der Waals surface area contributed by atoms with E-state index in [4.69, 9.17) is 9.72 Å². The molecule has 0 spiro atoms. The molecular formula is C28H38F3N5O2. The van der Waals surface area contributed by atoms with E-state index in [1.165, 1.54) is 11.1 Å². The number of pyridine rings is 2. The summed E-state index contributed by atoms with van der Waals surface area (Å²) in [5.41, 5.74) is 4.62. The first-order chi connectivity index (χ1) is 18.4. The van der Waals surface area contributed by atoms with Gasteiger partial charge in [-0.3, -0.25) is 0 Å². The summed E-state index contributed by atoms with van der Waals surface area (Å²) in [6, 6.07) is 6.68. The molecule has 0 aromatic carbocycles. The number of nitrogens with zero attached hydrogens (tertiary/aromatic N) is 2. The van der Waals surface area contributed by atoms with E-state index < -0.39 is 12.3 Å². The van der Waals surface area contributed by atoms with E-state index >= 15 is 0 Å². The van der Waals surface area contributed by atoms with E-state index in [9.17, 15) is 13.2 Å². The van der Waals surface area contributed by atoms with Crippen LogP contribution in [0.4, 0.5) is 24.8 Å². The van der Waals surface area contributed by atoms with E-state index in [0.29, 0.717) is 5.92 Å². The lowest BCUT2D eigenvalue weighted by molar-refractivity contribution is -0.211. The molecule has 0 radical (unpaired) electrons. The van der Waals surface area contributed by atoms with Gasteiger partial charge in [-0.25, -0.2) is 9.97 Å². The molecule has 2 aromatic heterocycles. The number of fused-ring (bicyclic) bond motifs is 3. The summed E-state index contributed by atoms with van der Waals surface area (Å²) in [7, 11) is 1.10. The quantitative estimate of drug-likeness (QED) is 0.420. The number of aryl methyl sites for hydroxylation is 2. The Bertz CT molecular complexity index is 1070. The van der Waals surface area contributed by atoms with Crippen LogP contribution >= 0.6 is 0 Å². The number of methoxy groups -OCH3 is 1. The smallest absolute Gasteiger partial charge is 0.381 e. The molecule has 1 atom stereocenters. The second kappa shape index (κ2) is 12.2. The minimum Gasteiger partial charge on any atom is -0.381 e. The number of hydrogen-bond acceptors (Lipinski definition) is 7. The third kappa shape index (κ3) is 6.76. The maximum Gasteiger partial charge on any atom is 0.415 e. The fourth-order valence-electron chi connectivity index (χ4n) is 5.73. The van der Waals surface area contributed by atoms with E-state index in [0.717, 1.165) is 101 Å². The van der Waals surface area contributed by atoms with Crippen LogP contribution in [0.3, 0.4) is 0 Å². The topological polar surface area (TPSA) is 80.3 Å². The van der Waals surface area contributed by atoms with Crippen molar-refractivity contribution in [3.8, 4) is 11.3 Å².